The van der Waals surface area contributed by atoms with Gasteiger partial charge in [-0.2, -0.15) is 5.10 Å². The minimum absolute atomic E-state index is 0.0137. The second-order valence-corrected chi connectivity index (χ2v) is 5.66. The third-order valence-electron chi connectivity index (χ3n) is 2.74. The molecule has 1 saturated heterocycles. The number of thioether (sulfide) groups is 1. The maximum absolute atomic E-state index is 11.5. The molecule has 1 aromatic rings. The van der Waals surface area contributed by atoms with E-state index >= 15 is 0 Å². The number of amides is 1. The molecule has 22 heavy (non-hydrogen) atoms. The van der Waals surface area contributed by atoms with Crippen molar-refractivity contribution in [1.29, 1.82) is 0 Å². The van der Waals surface area contributed by atoms with Crippen molar-refractivity contribution in [2.75, 3.05) is 0 Å². The molecule has 1 amide bonds. The van der Waals surface area contributed by atoms with Crippen molar-refractivity contribution in [3.05, 3.63) is 39.9 Å². The number of nitro benzene ring substituents is 1. The Bertz CT molecular complexity index is 618. The van der Waals surface area contributed by atoms with Gasteiger partial charge in [-0.1, -0.05) is 0 Å². The summed E-state index contributed by atoms with van der Waals surface area (Å²) in [4.78, 5) is 32.1. The summed E-state index contributed by atoms with van der Waals surface area (Å²) >= 11 is 1.13. The van der Waals surface area contributed by atoms with Crippen LogP contribution >= 0.6 is 11.8 Å². The molecule has 0 aromatic heterocycles. The van der Waals surface area contributed by atoms with Crippen LogP contribution in [-0.4, -0.2) is 38.9 Å². The van der Waals surface area contributed by atoms with E-state index < -0.39 is 21.6 Å². The topological polar surface area (TPSA) is 134 Å². The Morgan fingerprint density at radius 1 is 1.50 bits per heavy atom. The quantitative estimate of drug-likeness (QED) is 0.394. The van der Waals surface area contributed by atoms with Crippen molar-refractivity contribution in [2.45, 2.75) is 17.2 Å². The van der Waals surface area contributed by atoms with E-state index in [1.807, 2.05) is 0 Å². The van der Waals surface area contributed by atoms with Gasteiger partial charge in [-0.05, 0) is 17.7 Å². The molecule has 1 aliphatic rings. The van der Waals surface area contributed by atoms with Crippen LogP contribution in [-0.2, 0) is 9.59 Å². The highest BCUT2D eigenvalue weighted by atomic mass is 32.2. The summed E-state index contributed by atoms with van der Waals surface area (Å²) in [7, 11) is 0. The number of carboxylic acid groups (broad SMARTS) is 1. The van der Waals surface area contributed by atoms with Crippen molar-refractivity contribution in [3.63, 3.8) is 0 Å². The van der Waals surface area contributed by atoms with Crippen LogP contribution < -0.4 is 10.7 Å². The Labute approximate surface area is 128 Å². The Hall–Kier alpha value is -2.62. The maximum atomic E-state index is 11.5. The molecule has 10 heteroatoms. The molecule has 0 radical (unpaired) electrons. The first-order valence-electron chi connectivity index (χ1n) is 6.16. The molecule has 1 aromatic carbocycles. The molecular weight excluding hydrogens is 312 g/mol. The number of carbonyl (C=O) groups is 2. The predicted molar refractivity (Wildman–Crippen MR) is 79.4 cm³/mol. The van der Waals surface area contributed by atoms with E-state index in [2.05, 4.69) is 15.8 Å². The molecule has 3 N–H and O–H groups in total. The summed E-state index contributed by atoms with van der Waals surface area (Å²) in [5.74, 6) is -1.39. The van der Waals surface area contributed by atoms with Crippen LogP contribution in [0.25, 0.3) is 0 Å². The molecule has 1 heterocycles. The number of hydrogen-bond acceptors (Lipinski definition) is 7. The van der Waals surface area contributed by atoms with E-state index in [1.165, 1.54) is 30.5 Å². The SMILES string of the molecule is O=C(O)CC1SC(N/N=C\c2ccc([N+](=O)[O-])cc2)NC1=O. The minimum atomic E-state index is -1.04. The zero-order chi connectivity index (χ0) is 16.1. The van der Waals surface area contributed by atoms with Crippen LogP contribution in [0.1, 0.15) is 12.0 Å². The lowest BCUT2D eigenvalue weighted by molar-refractivity contribution is -0.384. The van der Waals surface area contributed by atoms with Gasteiger partial charge in [0.2, 0.25) is 5.91 Å². The maximum Gasteiger partial charge on any atom is 0.305 e. The van der Waals surface area contributed by atoms with E-state index in [9.17, 15) is 19.7 Å². The molecular formula is C12H12N4O5S. The Balaban J connectivity index is 1.86. The van der Waals surface area contributed by atoms with Gasteiger partial charge >= 0.3 is 5.97 Å². The molecule has 0 saturated carbocycles. The first-order chi connectivity index (χ1) is 10.5. The lowest BCUT2D eigenvalue weighted by atomic mass is 10.2. The third kappa shape index (κ3) is 4.19. The molecule has 0 aliphatic carbocycles. The second kappa shape index (κ2) is 6.89. The zero-order valence-corrected chi connectivity index (χ0v) is 11.9. The van der Waals surface area contributed by atoms with Gasteiger partial charge in [0.15, 0.2) is 5.50 Å². The highest BCUT2D eigenvalue weighted by Gasteiger charge is 2.33. The number of carboxylic acids is 1. The Morgan fingerprint density at radius 2 is 2.18 bits per heavy atom. The fraction of sp³-hybridized carbons (Fsp3) is 0.250. The zero-order valence-electron chi connectivity index (χ0n) is 11.1. The number of hydrazone groups is 1. The van der Waals surface area contributed by atoms with Crippen molar-refractivity contribution < 1.29 is 19.6 Å². The van der Waals surface area contributed by atoms with Gasteiger partial charge in [0.05, 0.1) is 22.8 Å². The lowest BCUT2D eigenvalue weighted by Crippen LogP contribution is -2.35. The van der Waals surface area contributed by atoms with Crippen molar-refractivity contribution >= 4 is 35.5 Å². The number of aliphatic carboxylic acids is 1. The molecule has 2 atom stereocenters. The van der Waals surface area contributed by atoms with Crippen LogP contribution in [0.3, 0.4) is 0 Å². The summed E-state index contributed by atoms with van der Waals surface area (Å²) in [5, 5.41) is 25.0. The second-order valence-electron chi connectivity index (χ2n) is 4.35. The molecule has 0 bridgehead atoms. The normalized spacial score (nSPS) is 20.8. The number of carbonyl (C=O) groups excluding carboxylic acids is 1. The van der Waals surface area contributed by atoms with Gasteiger partial charge in [-0.25, -0.2) is 0 Å². The van der Waals surface area contributed by atoms with Crippen LogP contribution in [0.15, 0.2) is 29.4 Å². The third-order valence-corrected chi connectivity index (χ3v) is 3.94. The summed E-state index contributed by atoms with van der Waals surface area (Å²) in [6.45, 7) is 0. The minimum Gasteiger partial charge on any atom is -0.481 e. The fourth-order valence-corrected chi connectivity index (χ4v) is 2.77. The number of benzene rings is 1. The van der Waals surface area contributed by atoms with E-state index in [-0.39, 0.29) is 18.0 Å². The van der Waals surface area contributed by atoms with Gasteiger partial charge < -0.3 is 10.4 Å². The number of nitro groups is 1. The average Bonchev–Trinajstić information content (AvgIpc) is 2.79. The van der Waals surface area contributed by atoms with Crippen molar-refractivity contribution in [2.24, 2.45) is 5.10 Å². The summed E-state index contributed by atoms with van der Waals surface area (Å²) in [6, 6.07) is 5.79. The largest absolute Gasteiger partial charge is 0.481 e. The molecule has 0 spiro atoms. The molecule has 9 nitrogen and oxygen atoms in total. The summed E-state index contributed by atoms with van der Waals surface area (Å²) in [6.07, 6.45) is 1.20. The number of rotatable bonds is 6. The highest BCUT2D eigenvalue weighted by Crippen LogP contribution is 2.24. The van der Waals surface area contributed by atoms with E-state index in [1.54, 1.807) is 0 Å². The first kappa shape index (κ1) is 15.8. The van der Waals surface area contributed by atoms with Crippen LogP contribution in [0, 0.1) is 10.1 Å². The van der Waals surface area contributed by atoms with Gasteiger partial charge in [0.1, 0.15) is 0 Å². The average molecular weight is 324 g/mol. The highest BCUT2D eigenvalue weighted by molar-refractivity contribution is 8.01. The lowest BCUT2D eigenvalue weighted by Gasteiger charge is -2.07. The summed E-state index contributed by atoms with van der Waals surface area (Å²) in [5.41, 5.74) is 2.80. The molecule has 1 aliphatic heterocycles. The van der Waals surface area contributed by atoms with Gasteiger partial charge in [-0.15, -0.1) is 11.8 Å². The Kier molecular flexibility index (Phi) is 4.94. The number of hydrogen-bond donors (Lipinski definition) is 3. The van der Waals surface area contributed by atoms with Crippen LogP contribution in [0.5, 0.6) is 0 Å². The van der Waals surface area contributed by atoms with Crippen LogP contribution in [0.2, 0.25) is 0 Å². The number of nitrogens with zero attached hydrogens (tertiary/aromatic N) is 2. The predicted octanol–water partition coefficient (Wildman–Crippen LogP) is 0.508. The summed E-state index contributed by atoms with van der Waals surface area (Å²) < 4.78 is 0. The molecule has 1 fully saturated rings. The molecule has 116 valence electrons. The molecule has 2 rings (SSSR count). The van der Waals surface area contributed by atoms with E-state index in [0.29, 0.717) is 5.56 Å². The van der Waals surface area contributed by atoms with Gasteiger partial charge in [0.25, 0.3) is 5.69 Å². The smallest absolute Gasteiger partial charge is 0.305 e. The fourth-order valence-electron chi connectivity index (χ4n) is 1.71. The van der Waals surface area contributed by atoms with Gasteiger partial charge in [0, 0.05) is 12.1 Å². The monoisotopic (exact) mass is 324 g/mol. The number of nitrogens with one attached hydrogen (secondary N) is 2. The van der Waals surface area contributed by atoms with Crippen molar-refractivity contribution in [3.8, 4) is 0 Å². The van der Waals surface area contributed by atoms with E-state index in [0.717, 1.165) is 11.8 Å². The van der Waals surface area contributed by atoms with Crippen LogP contribution in [0.4, 0.5) is 5.69 Å². The molecule has 2 unspecified atom stereocenters. The first-order valence-corrected chi connectivity index (χ1v) is 7.10. The van der Waals surface area contributed by atoms with Gasteiger partial charge in [-0.3, -0.25) is 25.1 Å². The Morgan fingerprint density at radius 3 is 2.77 bits per heavy atom. The van der Waals surface area contributed by atoms with E-state index in [4.69, 9.17) is 5.11 Å². The number of non-ortho nitro benzene ring substituents is 1. The standard InChI is InChI=1S/C12H12N4O5S/c17-10(18)5-9-11(19)14-12(22-9)15-13-6-7-1-3-8(4-2-7)16(20)21/h1-4,6,9,12,15H,5H2,(H,14,19)(H,17,18)/b13-6-. The van der Waals surface area contributed by atoms with Crippen molar-refractivity contribution in [1.82, 2.24) is 10.7 Å².